The zero-order chi connectivity index (χ0) is 17.1. The van der Waals surface area contributed by atoms with E-state index in [1.165, 1.54) is 6.07 Å². The fraction of sp³-hybridized carbons (Fsp3) is 0. The number of nitrogens with two attached hydrogens (primary N) is 2. The monoisotopic (exact) mass is 460 g/mol. The fourth-order valence-corrected chi connectivity index (χ4v) is 3.44. The van der Waals surface area contributed by atoms with Crippen LogP contribution >= 0.6 is 43.2 Å². The van der Waals surface area contributed by atoms with Crippen LogP contribution in [-0.4, -0.2) is 17.8 Å². The second-order valence-corrected chi connectivity index (χ2v) is 7.11. The molecule has 0 bridgehead atoms. The van der Waals surface area contributed by atoms with Gasteiger partial charge in [0.25, 0.3) is 11.8 Å². The number of hydrogen-bond acceptors (Lipinski definition) is 4. The predicted octanol–water partition coefficient (Wildman–Crippen LogP) is 3.11. The van der Waals surface area contributed by atoms with Gasteiger partial charge in [-0.25, -0.2) is 4.79 Å². The predicted molar refractivity (Wildman–Crippen MR) is 95.8 cm³/mol. The molecular formula is C13H10Br2N4O3S. The van der Waals surface area contributed by atoms with Gasteiger partial charge in [0.05, 0.1) is 16.1 Å². The molecule has 0 aliphatic heterocycles. The van der Waals surface area contributed by atoms with Crippen molar-refractivity contribution in [2.45, 2.75) is 0 Å². The van der Waals surface area contributed by atoms with Crippen LogP contribution in [0.25, 0.3) is 0 Å². The number of carbonyl (C=O) groups is 3. The highest BCUT2D eigenvalue weighted by atomic mass is 79.9. The van der Waals surface area contributed by atoms with Crippen molar-refractivity contribution in [2.75, 3.05) is 10.6 Å². The van der Waals surface area contributed by atoms with Crippen LogP contribution < -0.4 is 22.1 Å². The van der Waals surface area contributed by atoms with Gasteiger partial charge in [0, 0.05) is 8.95 Å². The van der Waals surface area contributed by atoms with Crippen LogP contribution in [0.3, 0.4) is 0 Å². The van der Waals surface area contributed by atoms with E-state index in [0.29, 0.717) is 15.0 Å². The van der Waals surface area contributed by atoms with Crippen molar-refractivity contribution in [1.82, 2.24) is 0 Å². The molecule has 1 aromatic heterocycles. The molecule has 1 heterocycles. The number of thiophene rings is 1. The standard InChI is InChI=1S/C13H10Br2N4O3S/c14-5-1-2-8(15)6(3-5)11(21)18-9-4-7(10(16)20)12(23-9)19-13(17)22/h1-4H,(H2,16,20)(H,18,21)(H3,17,19,22). The van der Waals surface area contributed by atoms with Crippen LogP contribution in [-0.2, 0) is 0 Å². The Morgan fingerprint density at radius 2 is 1.70 bits per heavy atom. The average Bonchev–Trinajstić information content (AvgIpc) is 2.83. The van der Waals surface area contributed by atoms with E-state index in [0.717, 1.165) is 15.8 Å². The Labute approximate surface area is 151 Å². The summed E-state index contributed by atoms with van der Waals surface area (Å²) < 4.78 is 1.35. The third-order valence-electron chi connectivity index (χ3n) is 2.64. The quantitative estimate of drug-likeness (QED) is 0.558. The molecular weight excluding hydrogens is 452 g/mol. The van der Waals surface area contributed by atoms with Crippen molar-refractivity contribution in [3.8, 4) is 0 Å². The third-order valence-corrected chi connectivity index (χ3v) is 4.79. The highest BCUT2D eigenvalue weighted by Crippen LogP contribution is 2.32. The lowest BCUT2D eigenvalue weighted by atomic mass is 10.2. The lowest BCUT2D eigenvalue weighted by Gasteiger charge is -2.05. The fourth-order valence-electron chi connectivity index (χ4n) is 1.69. The highest BCUT2D eigenvalue weighted by Gasteiger charge is 2.18. The normalized spacial score (nSPS) is 10.2. The second kappa shape index (κ2) is 7.11. The Hall–Kier alpha value is -1.91. The Kier molecular flexibility index (Phi) is 5.39. The zero-order valence-electron chi connectivity index (χ0n) is 11.4. The molecule has 0 unspecified atom stereocenters. The second-order valence-electron chi connectivity index (χ2n) is 4.29. The number of urea groups is 1. The number of nitrogens with one attached hydrogen (secondary N) is 2. The number of hydrogen-bond donors (Lipinski definition) is 4. The molecule has 4 amide bonds. The molecule has 6 N–H and O–H groups in total. The summed E-state index contributed by atoms with van der Waals surface area (Å²) in [6.07, 6.45) is 0. The number of benzene rings is 1. The van der Waals surface area contributed by atoms with Crippen molar-refractivity contribution >= 4 is 71.0 Å². The SMILES string of the molecule is NC(=O)Nc1sc(NC(=O)c2cc(Br)ccc2Br)cc1C(N)=O. The van der Waals surface area contributed by atoms with Gasteiger partial charge in [-0.3, -0.25) is 14.9 Å². The van der Waals surface area contributed by atoms with Gasteiger partial charge in [-0.1, -0.05) is 27.3 Å². The summed E-state index contributed by atoms with van der Waals surface area (Å²) in [7, 11) is 0. The lowest BCUT2D eigenvalue weighted by molar-refractivity contribution is 0.0997. The topological polar surface area (TPSA) is 127 Å². The van der Waals surface area contributed by atoms with E-state index < -0.39 is 11.9 Å². The molecule has 7 nitrogen and oxygen atoms in total. The zero-order valence-corrected chi connectivity index (χ0v) is 15.3. The third kappa shape index (κ3) is 4.30. The summed E-state index contributed by atoms with van der Waals surface area (Å²) in [5.41, 5.74) is 10.7. The number of primary amides is 2. The number of halogens is 2. The maximum atomic E-state index is 12.3. The van der Waals surface area contributed by atoms with Crippen LogP contribution in [0.4, 0.5) is 14.8 Å². The number of anilines is 2. The summed E-state index contributed by atoms with van der Waals surface area (Å²) in [5, 5.41) is 5.46. The van der Waals surface area contributed by atoms with E-state index in [4.69, 9.17) is 11.5 Å². The van der Waals surface area contributed by atoms with Gasteiger partial charge in [-0.15, -0.1) is 0 Å². The van der Waals surface area contributed by atoms with Crippen LogP contribution in [0.5, 0.6) is 0 Å². The molecule has 0 saturated heterocycles. The summed E-state index contributed by atoms with van der Waals surface area (Å²) in [4.78, 5) is 34.6. The number of carbonyl (C=O) groups excluding carboxylic acids is 3. The van der Waals surface area contributed by atoms with Crippen molar-refractivity contribution in [1.29, 1.82) is 0 Å². The molecule has 0 spiro atoms. The van der Waals surface area contributed by atoms with Crippen molar-refractivity contribution in [3.05, 3.63) is 44.3 Å². The van der Waals surface area contributed by atoms with Gasteiger partial charge in [-0.05, 0) is 40.2 Å². The van der Waals surface area contributed by atoms with E-state index in [1.807, 2.05) is 0 Å². The molecule has 1 aromatic carbocycles. The van der Waals surface area contributed by atoms with Crippen LogP contribution in [0.15, 0.2) is 33.2 Å². The van der Waals surface area contributed by atoms with Gasteiger partial charge in [0.2, 0.25) is 0 Å². The molecule has 0 aliphatic carbocycles. The highest BCUT2D eigenvalue weighted by molar-refractivity contribution is 9.11. The largest absolute Gasteiger partial charge is 0.366 e. The molecule has 0 fully saturated rings. The molecule has 0 aliphatic rings. The van der Waals surface area contributed by atoms with Gasteiger partial charge in [0.15, 0.2) is 0 Å². The van der Waals surface area contributed by atoms with E-state index in [-0.39, 0.29) is 16.5 Å². The average molecular weight is 462 g/mol. The molecule has 23 heavy (non-hydrogen) atoms. The summed E-state index contributed by atoms with van der Waals surface area (Å²) in [5.74, 6) is -1.13. The minimum atomic E-state index is -0.832. The van der Waals surface area contributed by atoms with Crippen molar-refractivity contribution < 1.29 is 14.4 Å². The first-order valence-corrected chi connectivity index (χ1v) is 8.44. The summed E-state index contributed by atoms with van der Waals surface area (Å²) in [6.45, 7) is 0. The van der Waals surface area contributed by atoms with Gasteiger partial charge < -0.3 is 16.8 Å². The van der Waals surface area contributed by atoms with Crippen LogP contribution in [0.2, 0.25) is 0 Å². The summed E-state index contributed by atoms with van der Waals surface area (Å²) >= 11 is 7.56. The van der Waals surface area contributed by atoms with E-state index in [1.54, 1.807) is 18.2 Å². The Morgan fingerprint density at radius 3 is 2.30 bits per heavy atom. The van der Waals surface area contributed by atoms with Crippen molar-refractivity contribution in [3.63, 3.8) is 0 Å². The van der Waals surface area contributed by atoms with Crippen molar-refractivity contribution in [2.24, 2.45) is 11.5 Å². The lowest BCUT2D eigenvalue weighted by Crippen LogP contribution is -2.21. The van der Waals surface area contributed by atoms with E-state index >= 15 is 0 Å². The molecule has 2 rings (SSSR count). The summed E-state index contributed by atoms with van der Waals surface area (Å²) in [6, 6.07) is 5.70. The number of amides is 4. The molecule has 120 valence electrons. The smallest absolute Gasteiger partial charge is 0.317 e. The maximum Gasteiger partial charge on any atom is 0.317 e. The minimum Gasteiger partial charge on any atom is -0.366 e. The molecule has 0 radical (unpaired) electrons. The first kappa shape index (κ1) is 17.4. The van der Waals surface area contributed by atoms with Gasteiger partial charge in [-0.2, -0.15) is 0 Å². The molecule has 0 atom stereocenters. The van der Waals surface area contributed by atoms with E-state index in [2.05, 4.69) is 42.5 Å². The van der Waals surface area contributed by atoms with E-state index in [9.17, 15) is 14.4 Å². The molecule has 2 aromatic rings. The molecule has 0 saturated carbocycles. The Balaban J connectivity index is 2.29. The minimum absolute atomic E-state index is 0.0670. The van der Waals surface area contributed by atoms with Crippen LogP contribution in [0, 0.1) is 0 Å². The maximum absolute atomic E-state index is 12.3. The molecule has 10 heteroatoms. The van der Waals surface area contributed by atoms with Gasteiger partial charge >= 0.3 is 6.03 Å². The first-order valence-electron chi connectivity index (χ1n) is 6.04. The van der Waals surface area contributed by atoms with Gasteiger partial charge in [0.1, 0.15) is 5.00 Å². The number of rotatable bonds is 4. The Morgan fingerprint density at radius 1 is 1.00 bits per heavy atom. The Bertz CT molecular complexity index is 807. The van der Waals surface area contributed by atoms with Crippen LogP contribution in [0.1, 0.15) is 20.7 Å². The first-order chi connectivity index (χ1) is 10.8.